The van der Waals surface area contributed by atoms with E-state index in [1.807, 2.05) is 68.5 Å². The van der Waals surface area contributed by atoms with Crippen LogP contribution < -0.4 is 0 Å². The Morgan fingerprint density at radius 1 is 0.719 bits per heavy atom. The van der Waals surface area contributed by atoms with Crippen molar-refractivity contribution < 1.29 is 22.2 Å². The Balaban J connectivity index is 0.000000534. The number of hydrogen-bond donors (Lipinski definition) is 1. The van der Waals surface area contributed by atoms with Gasteiger partial charge in [0.25, 0.3) is 0 Å². The fraction of sp³-hybridized carbons (Fsp3) is 0.214. The summed E-state index contributed by atoms with van der Waals surface area (Å²) < 4.78 is 0. The summed E-state index contributed by atoms with van der Waals surface area (Å²) in [4.78, 5) is 3.70. The SMILES string of the molecule is C[C@@H]([C]1[CH][CH][CH][C]1[Se][C@H](c1ccccc1)[C@H](O)c1ccccc1)N(C)C.[CH]1[CH][CH][CH][CH]1.[Fe+2]. The molecule has 2 aromatic rings. The van der Waals surface area contributed by atoms with Gasteiger partial charge in [0.15, 0.2) is 0 Å². The van der Waals surface area contributed by atoms with Crippen LogP contribution in [-0.4, -0.2) is 45.1 Å². The van der Waals surface area contributed by atoms with E-state index in [4.69, 9.17) is 0 Å². The minimum atomic E-state index is -0.504. The minimum absolute atomic E-state index is 0. The predicted molar refractivity (Wildman–Crippen MR) is 130 cm³/mol. The molecule has 0 bridgehead atoms. The van der Waals surface area contributed by atoms with Gasteiger partial charge in [-0.3, -0.25) is 0 Å². The van der Waals surface area contributed by atoms with Gasteiger partial charge in [0.2, 0.25) is 0 Å². The molecule has 32 heavy (non-hydrogen) atoms. The molecule has 2 saturated carbocycles. The first-order valence-electron chi connectivity index (χ1n) is 10.6. The Morgan fingerprint density at radius 3 is 1.72 bits per heavy atom. The summed E-state index contributed by atoms with van der Waals surface area (Å²) in [5.41, 5.74) is 2.19. The molecule has 166 valence electrons. The maximum Gasteiger partial charge on any atom is 2.00 e. The van der Waals surface area contributed by atoms with Gasteiger partial charge < -0.3 is 0 Å². The summed E-state index contributed by atoms with van der Waals surface area (Å²) in [5.74, 6) is 1.37. The van der Waals surface area contributed by atoms with Gasteiger partial charge in [-0.15, -0.1) is 0 Å². The van der Waals surface area contributed by atoms with Crippen LogP contribution in [0.4, 0.5) is 0 Å². The molecule has 3 atom stereocenters. The molecular weight excluding hydrogens is 501 g/mol. The number of aliphatic hydroxyl groups is 1. The Labute approximate surface area is 213 Å². The van der Waals surface area contributed by atoms with Gasteiger partial charge in [-0.2, -0.15) is 0 Å². The average molecular weight is 532 g/mol. The number of hydrogen-bond acceptors (Lipinski definition) is 2. The van der Waals surface area contributed by atoms with Crippen molar-refractivity contribution in [2.45, 2.75) is 23.9 Å². The van der Waals surface area contributed by atoms with Crippen molar-refractivity contribution in [2.24, 2.45) is 0 Å². The molecule has 2 fully saturated rings. The van der Waals surface area contributed by atoms with Gasteiger partial charge in [0.05, 0.1) is 0 Å². The quantitative estimate of drug-likeness (QED) is 0.515. The van der Waals surface area contributed by atoms with E-state index in [0.29, 0.717) is 6.04 Å². The summed E-state index contributed by atoms with van der Waals surface area (Å²) in [7, 11) is 4.23. The molecule has 0 unspecified atom stereocenters. The molecule has 0 heterocycles. The second-order valence-corrected chi connectivity index (χ2v) is 10.2. The smallest absolute Gasteiger partial charge is 0.0312 e. The van der Waals surface area contributed by atoms with E-state index in [0.717, 1.165) is 5.56 Å². The van der Waals surface area contributed by atoms with E-state index >= 15 is 0 Å². The van der Waals surface area contributed by atoms with Crippen LogP contribution in [0.1, 0.15) is 29.0 Å². The molecular formula is C28H31FeNOSe+2. The van der Waals surface area contributed by atoms with Crippen LogP contribution in [-0.2, 0) is 17.1 Å². The third-order valence-electron chi connectivity index (χ3n) is 5.40. The van der Waals surface area contributed by atoms with Crippen LogP contribution in [0, 0.1) is 62.1 Å². The molecule has 2 aliphatic carbocycles. The summed E-state index contributed by atoms with van der Waals surface area (Å²) in [6, 6.07) is 20.8. The predicted octanol–water partition coefficient (Wildman–Crippen LogP) is 4.87. The zero-order chi connectivity index (χ0) is 22.1. The second-order valence-electron chi connectivity index (χ2n) is 7.75. The van der Waals surface area contributed by atoms with Crippen LogP contribution in [0.2, 0.25) is 0 Å². The van der Waals surface area contributed by atoms with Crippen LogP contribution in [0.5, 0.6) is 0 Å². The summed E-state index contributed by atoms with van der Waals surface area (Å²) in [5, 5.41) is 11.2. The van der Waals surface area contributed by atoms with Gasteiger partial charge in [-0.05, 0) is 32.1 Å². The molecule has 10 radical (unpaired) electrons. The van der Waals surface area contributed by atoms with E-state index in [-0.39, 0.29) is 36.8 Å². The fourth-order valence-electron chi connectivity index (χ4n) is 3.39. The molecule has 0 amide bonds. The summed E-state index contributed by atoms with van der Waals surface area (Å²) in [6.07, 6.45) is 16.1. The van der Waals surface area contributed by atoms with Crippen LogP contribution >= 0.6 is 0 Å². The number of nitrogens with zero attached hydrogens (tertiary/aromatic N) is 1. The molecule has 2 aliphatic rings. The summed E-state index contributed by atoms with van der Waals surface area (Å²) >= 11 is 0.125. The topological polar surface area (TPSA) is 23.5 Å². The first-order chi connectivity index (χ1) is 15.1. The average Bonchev–Trinajstić information content (AvgIpc) is 3.53. The fourth-order valence-corrected chi connectivity index (χ4v) is 6.29. The Bertz CT molecular complexity index is 730. The van der Waals surface area contributed by atoms with E-state index < -0.39 is 6.10 Å². The van der Waals surface area contributed by atoms with Gasteiger partial charge in [0.1, 0.15) is 0 Å². The number of rotatable bonds is 7. The van der Waals surface area contributed by atoms with Crippen molar-refractivity contribution >= 4 is 15.0 Å². The molecule has 4 rings (SSSR count). The van der Waals surface area contributed by atoms with Gasteiger partial charge >= 0.3 is 182 Å². The minimum Gasteiger partial charge on any atom is -0.0312 e. The molecule has 2 nitrogen and oxygen atoms in total. The third-order valence-corrected chi connectivity index (χ3v) is 8.36. The van der Waals surface area contributed by atoms with Crippen molar-refractivity contribution in [1.29, 1.82) is 0 Å². The molecule has 0 saturated heterocycles. The van der Waals surface area contributed by atoms with Gasteiger partial charge in [-0.1, -0.05) is 0 Å². The Kier molecular flexibility index (Phi) is 12.6. The van der Waals surface area contributed by atoms with Crippen LogP contribution in [0.3, 0.4) is 0 Å². The second kappa shape index (κ2) is 14.6. The molecule has 2 aromatic carbocycles. The largest absolute Gasteiger partial charge is 2.00 e. The van der Waals surface area contributed by atoms with Crippen molar-refractivity contribution in [2.75, 3.05) is 14.1 Å². The Morgan fingerprint density at radius 2 is 1.22 bits per heavy atom. The van der Waals surface area contributed by atoms with Crippen LogP contribution in [0.25, 0.3) is 0 Å². The van der Waals surface area contributed by atoms with Crippen molar-refractivity contribution in [3.63, 3.8) is 0 Å². The maximum atomic E-state index is 11.2. The zero-order valence-electron chi connectivity index (χ0n) is 18.8. The standard InChI is InChI=1S/C23H26NOSe.C5H5.Fe/c1-17(24(2)3)20-15-10-16-21(20)26-23(19-13-8-5-9-14-19)22(25)18-11-6-4-7-12-18;1-2-4-5-3-1;/h4-17,22-23,25H,1-3H3;1-5H;/q;;+2/t17-,22+,23+;;/m0../s1. The third kappa shape index (κ3) is 8.01. The zero-order valence-corrected chi connectivity index (χ0v) is 21.6. The summed E-state index contributed by atoms with van der Waals surface area (Å²) in [6.45, 7) is 2.24. The molecule has 4 heteroatoms. The first kappa shape index (κ1) is 27.6. The number of aliphatic hydroxyl groups excluding tert-OH is 1. The monoisotopic (exact) mass is 533 g/mol. The van der Waals surface area contributed by atoms with E-state index in [1.54, 1.807) is 0 Å². The van der Waals surface area contributed by atoms with E-state index in [1.165, 1.54) is 16.3 Å². The van der Waals surface area contributed by atoms with Crippen molar-refractivity contribution in [3.8, 4) is 0 Å². The Hall–Kier alpha value is -0.601. The molecule has 1 N–H and O–H groups in total. The molecule has 0 aliphatic heterocycles. The molecule has 0 spiro atoms. The van der Waals surface area contributed by atoms with Crippen molar-refractivity contribution in [1.82, 2.24) is 4.90 Å². The van der Waals surface area contributed by atoms with Crippen LogP contribution in [0.15, 0.2) is 60.7 Å². The van der Waals surface area contributed by atoms with Gasteiger partial charge in [0, 0.05) is 0 Å². The first-order valence-corrected chi connectivity index (χ1v) is 12.5. The van der Waals surface area contributed by atoms with Gasteiger partial charge in [-0.25, -0.2) is 0 Å². The number of benzene rings is 2. The van der Waals surface area contributed by atoms with E-state index in [2.05, 4.69) is 69.4 Å². The van der Waals surface area contributed by atoms with Crippen molar-refractivity contribution in [3.05, 3.63) is 134 Å². The normalized spacial score (nSPS) is 19.7. The molecule has 0 aromatic heterocycles. The maximum absolute atomic E-state index is 11.2. The van der Waals surface area contributed by atoms with E-state index in [9.17, 15) is 5.11 Å².